The summed E-state index contributed by atoms with van der Waals surface area (Å²) in [4.78, 5) is 35.6. The lowest BCUT2D eigenvalue weighted by Gasteiger charge is -2.26. The van der Waals surface area contributed by atoms with Crippen LogP contribution in [0.5, 0.6) is 0 Å². The first kappa shape index (κ1) is 35.2. The molecule has 4 rings (SSSR count). The molecule has 0 bridgehead atoms. The number of aromatic amines is 1. The highest BCUT2D eigenvalue weighted by Gasteiger charge is 2.16. The zero-order valence-corrected chi connectivity index (χ0v) is 26.7. The Balaban J connectivity index is 1.41. The number of nitriles is 1. The number of nitrogens with one attached hydrogen (secondary N) is 1. The summed E-state index contributed by atoms with van der Waals surface area (Å²) in [7, 11) is 0. The number of ether oxygens (including phenoxy) is 4. The number of aromatic carboxylic acids is 1. The van der Waals surface area contributed by atoms with Crippen LogP contribution in [0.25, 0.3) is 0 Å². The van der Waals surface area contributed by atoms with Crippen LogP contribution in [0.4, 0.5) is 0 Å². The van der Waals surface area contributed by atoms with Crippen molar-refractivity contribution in [1.82, 2.24) is 19.8 Å². The van der Waals surface area contributed by atoms with E-state index in [0.717, 1.165) is 27.9 Å². The van der Waals surface area contributed by atoms with Crippen LogP contribution in [0.1, 0.15) is 27.4 Å². The maximum absolute atomic E-state index is 11.9. The molecule has 1 atom stereocenters. The lowest BCUT2D eigenvalue weighted by molar-refractivity contribution is -0.0328. The van der Waals surface area contributed by atoms with Crippen molar-refractivity contribution in [2.75, 3.05) is 72.4 Å². The summed E-state index contributed by atoms with van der Waals surface area (Å²) >= 11 is 1.12. The Morgan fingerprint density at radius 2 is 1.57 bits per heavy atom. The third-order valence-electron chi connectivity index (χ3n) is 7.28. The Hall–Kier alpha value is -3.61. The molecule has 0 aliphatic carbocycles. The number of carbonyl (C=O) groups is 1. The maximum atomic E-state index is 11.9. The number of hydrogen-bond acceptors (Lipinski definition) is 11. The van der Waals surface area contributed by atoms with Crippen molar-refractivity contribution in [2.45, 2.75) is 30.5 Å². The quantitative estimate of drug-likeness (QED) is 0.272. The standard InChI is InChI=1S/C33H41N5O7S/c34-25-46-30-9-7-26(8-10-30)21-29-24-44-17-13-37(22-27-3-1-5-31(35-27)33(40)41)11-15-42-19-20-43-16-12-38(14-18-45-29)23-28-4-2-6-32(39)36-28/h1-10,29H,11-24H2,(H,36,39)(H,40,41). The molecule has 12 nitrogen and oxygen atoms in total. The number of thioether (sulfide) groups is 1. The van der Waals surface area contributed by atoms with Gasteiger partial charge in [0, 0.05) is 62.3 Å². The number of nitrogens with zero attached hydrogens (tertiary/aromatic N) is 4. The lowest BCUT2D eigenvalue weighted by Crippen LogP contribution is -2.35. The van der Waals surface area contributed by atoms with Crippen molar-refractivity contribution in [1.29, 1.82) is 5.26 Å². The second kappa shape index (κ2) is 19.8. The van der Waals surface area contributed by atoms with E-state index in [9.17, 15) is 14.7 Å². The number of carboxylic acid groups (broad SMARTS) is 1. The van der Waals surface area contributed by atoms with Crippen LogP contribution in [0, 0.1) is 10.7 Å². The first-order chi connectivity index (χ1) is 22.5. The molecule has 3 aromatic rings. The van der Waals surface area contributed by atoms with Gasteiger partial charge in [0.05, 0.1) is 58.0 Å². The Labute approximate surface area is 273 Å². The normalized spacial score (nSPS) is 18.6. The van der Waals surface area contributed by atoms with Crippen molar-refractivity contribution < 1.29 is 28.8 Å². The van der Waals surface area contributed by atoms with Gasteiger partial charge in [-0.2, -0.15) is 5.26 Å². The van der Waals surface area contributed by atoms with E-state index in [2.05, 4.69) is 25.2 Å². The summed E-state index contributed by atoms with van der Waals surface area (Å²) < 4.78 is 24.2. The van der Waals surface area contributed by atoms with Gasteiger partial charge in [-0.15, -0.1) is 0 Å². The average Bonchev–Trinajstić information content (AvgIpc) is 3.04. The molecule has 0 amide bonds. The monoisotopic (exact) mass is 651 g/mol. The Kier molecular flexibility index (Phi) is 15.2. The van der Waals surface area contributed by atoms with Crippen molar-refractivity contribution in [2.24, 2.45) is 0 Å². The highest BCUT2D eigenvalue weighted by atomic mass is 32.2. The van der Waals surface area contributed by atoms with Gasteiger partial charge in [-0.25, -0.2) is 9.78 Å². The highest BCUT2D eigenvalue weighted by molar-refractivity contribution is 8.03. The number of benzene rings is 1. The molecule has 1 unspecified atom stereocenters. The molecule has 46 heavy (non-hydrogen) atoms. The highest BCUT2D eigenvalue weighted by Crippen LogP contribution is 2.18. The molecule has 1 aliphatic rings. The van der Waals surface area contributed by atoms with Gasteiger partial charge in [0.1, 0.15) is 11.1 Å². The molecule has 1 aliphatic heterocycles. The third-order valence-corrected chi connectivity index (χ3v) is 7.88. The van der Waals surface area contributed by atoms with Crippen LogP contribution in [0.15, 0.2) is 70.4 Å². The van der Waals surface area contributed by atoms with Gasteiger partial charge < -0.3 is 29.0 Å². The Morgan fingerprint density at radius 3 is 2.26 bits per heavy atom. The molecule has 0 radical (unpaired) electrons. The predicted octanol–water partition coefficient (Wildman–Crippen LogP) is 3.04. The second-order valence-corrected chi connectivity index (χ2v) is 11.6. The minimum atomic E-state index is -1.06. The van der Waals surface area contributed by atoms with Crippen LogP contribution in [0.2, 0.25) is 0 Å². The summed E-state index contributed by atoms with van der Waals surface area (Å²) in [6.07, 6.45) is 0.421. The zero-order chi connectivity index (χ0) is 32.4. The largest absolute Gasteiger partial charge is 0.477 e. The molecule has 2 aromatic heterocycles. The van der Waals surface area contributed by atoms with Gasteiger partial charge >= 0.3 is 5.97 Å². The van der Waals surface area contributed by atoms with Gasteiger partial charge in [0.15, 0.2) is 0 Å². The molecular weight excluding hydrogens is 610 g/mol. The number of carboxylic acids is 1. The predicted molar refractivity (Wildman–Crippen MR) is 173 cm³/mol. The molecule has 0 spiro atoms. The number of thiocyanates is 1. The molecule has 2 N–H and O–H groups in total. The van der Waals surface area contributed by atoms with E-state index >= 15 is 0 Å². The van der Waals surface area contributed by atoms with Crippen LogP contribution in [0.3, 0.4) is 0 Å². The smallest absolute Gasteiger partial charge is 0.354 e. The first-order valence-electron chi connectivity index (χ1n) is 15.3. The van der Waals surface area contributed by atoms with Gasteiger partial charge in [-0.1, -0.05) is 24.3 Å². The topological polar surface area (TPSA) is 150 Å². The first-order valence-corrected chi connectivity index (χ1v) is 16.1. The molecule has 1 saturated heterocycles. The van der Waals surface area contributed by atoms with Crippen molar-refractivity contribution >= 4 is 17.7 Å². The van der Waals surface area contributed by atoms with E-state index in [1.165, 1.54) is 12.1 Å². The summed E-state index contributed by atoms with van der Waals surface area (Å²) in [5.74, 6) is -1.06. The van der Waals surface area contributed by atoms with E-state index < -0.39 is 5.97 Å². The van der Waals surface area contributed by atoms with E-state index in [-0.39, 0.29) is 17.4 Å². The summed E-state index contributed by atoms with van der Waals surface area (Å²) in [6, 6.07) is 18.0. The summed E-state index contributed by atoms with van der Waals surface area (Å²) in [5, 5.41) is 20.4. The summed E-state index contributed by atoms with van der Waals surface area (Å²) in [6.45, 7) is 6.62. The Bertz CT molecular complexity index is 1450. The molecule has 3 heterocycles. The van der Waals surface area contributed by atoms with Crippen molar-refractivity contribution in [3.05, 3.63) is 93.7 Å². The number of pyridine rings is 2. The lowest BCUT2D eigenvalue weighted by atomic mass is 10.1. The fourth-order valence-electron chi connectivity index (χ4n) is 4.92. The van der Waals surface area contributed by atoms with Gasteiger partial charge in [-0.05, 0) is 47.7 Å². The fraction of sp³-hybridized carbons (Fsp3) is 0.455. The molecule has 1 fully saturated rings. The minimum absolute atomic E-state index is 0.0124. The zero-order valence-electron chi connectivity index (χ0n) is 25.8. The number of H-pyrrole nitrogens is 1. The maximum Gasteiger partial charge on any atom is 0.354 e. The summed E-state index contributed by atoms with van der Waals surface area (Å²) in [5.41, 5.74) is 2.44. The van der Waals surface area contributed by atoms with Crippen molar-refractivity contribution in [3.8, 4) is 5.40 Å². The second-order valence-electron chi connectivity index (χ2n) is 10.7. The fourth-order valence-corrected chi connectivity index (χ4v) is 5.30. The van der Waals surface area contributed by atoms with Crippen LogP contribution >= 0.6 is 11.8 Å². The number of hydrogen-bond donors (Lipinski definition) is 2. The van der Waals surface area contributed by atoms with Gasteiger partial charge in [0.2, 0.25) is 5.56 Å². The van der Waals surface area contributed by atoms with E-state index in [1.54, 1.807) is 12.1 Å². The molecule has 1 aromatic carbocycles. The average molecular weight is 652 g/mol. The Morgan fingerprint density at radius 1 is 0.891 bits per heavy atom. The van der Waals surface area contributed by atoms with E-state index in [4.69, 9.17) is 24.2 Å². The van der Waals surface area contributed by atoms with Crippen LogP contribution in [-0.4, -0.2) is 109 Å². The molecule has 246 valence electrons. The number of rotatable bonds is 8. The third kappa shape index (κ3) is 13.0. The van der Waals surface area contributed by atoms with E-state index in [1.807, 2.05) is 36.4 Å². The minimum Gasteiger partial charge on any atom is -0.477 e. The van der Waals surface area contributed by atoms with Crippen LogP contribution in [-0.2, 0) is 38.5 Å². The number of aromatic nitrogens is 2. The molecular formula is C33H41N5O7S. The molecule has 13 heteroatoms. The SMILES string of the molecule is N#CSc1ccc(CC2COCCN(Cc3cccc(C(=O)O)n3)CCOCCOCCN(Cc3cccc(=O)[nH]3)CCO2)cc1. The van der Waals surface area contributed by atoms with Crippen LogP contribution < -0.4 is 5.56 Å². The van der Waals surface area contributed by atoms with Gasteiger partial charge in [-0.3, -0.25) is 14.6 Å². The van der Waals surface area contributed by atoms with E-state index in [0.29, 0.717) is 97.6 Å². The molecule has 0 saturated carbocycles. The van der Waals surface area contributed by atoms with Gasteiger partial charge in [0.25, 0.3) is 0 Å². The van der Waals surface area contributed by atoms with Crippen molar-refractivity contribution in [3.63, 3.8) is 0 Å².